The van der Waals surface area contributed by atoms with Crippen molar-refractivity contribution in [1.29, 1.82) is 0 Å². The minimum absolute atomic E-state index is 0.0770. The number of benzene rings is 1. The summed E-state index contributed by atoms with van der Waals surface area (Å²) >= 11 is 0. The van der Waals surface area contributed by atoms with E-state index < -0.39 is 0 Å². The molecule has 2 aliphatic heterocycles. The van der Waals surface area contributed by atoms with Crippen molar-refractivity contribution in [3.63, 3.8) is 0 Å². The van der Waals surface area contributed by atoms with Crippen molar-refractivity contribution < 1.29 is 14.3 Å². The van der Waals surface area contributed by atoms with Crippen LogP contribution in [0.25, 0.3) is 0 Å². The fraction of sp³-hybridized carbons (Fsp3) is 0.611. The first-order valence-electron chi connectivity index (χ1n) is 8.64. The summed E-state index contributed by atoms with van der Waals surface area (Å²) in [5.74, 6) is 1.49. The second-order valence-electron chi connectivity index (χ2n) is 6.42. The summed E-state index contributed by atoms with van der Waals surface area (Å²) in [7, 11) is 0. The van der Waals surface area contributed by atoms with Crippen LogP contribution in [0.15, 0.2) is 24.3 Å². The van der Waals surface area contributed by atoms with Gasteiger partial charge in [0.2, 0.25) is 5.91 Å². The molecular formula is C18H26N2O3. The van der Waals surface area contributed by atoms with E-state index in [9.17, 15) is 4.79 Å². The first-order valence-corrected chi connectivity index (χ1v) is 8.64. The number of nitrogens with one attached hydrogen (secondary N) is 2. The van der Waals surface area contributed by atoms with E-state index in [-0.39, 0.29) is 12.0 Å². The standard InChI is InChI=1S/C18H26N2O3/c21-18(7-6-14-8-9-19-12-14)20-15-3-1-4-16(11-15)23-13-17-5-2-10-22-17/h1,3-4,11,14,17,19H,2,5-10,12-13H2,(H,20,21). The molecular weight excluding hydrogens is 292 g/mol. The molecule has 3 rings (SSSR count). The molecule has 2 N–H and O–H groups in total. The molecule has 1 aromatic rings. The van der Waals surface area contributed by atoms with Gasteiger partial charge in [0.15, 0.2) is 0 Å². The average molecular weight is 318 g/mol. The van der Waals surface area contributed by atoms with E-state index in [2.05, 4.69) is 10.6 Å². The first-order chi connectivity index (χ1) is 11.3. The van der Waals surface area contributed by atoms with Crippen molar-refractivity contribution in [2.45, 2.75) is 38.2 Å². The third kappa shape index (κ3) is 5.22. The molecule has 2 fully saturated rings. The van der Waals surface area contributed by atoms with Gasteiger partial charge in [-0.15, -0.1) is 0 Å². The summed E-state index contributed by atoms with van der Waals surface area (Å²) in [6.07, 6.45) is 5.09. The molecule has 23 heavy (non-hydrogen) atoms. The van der Waals surface area contributed by atoms with Crippen molar-refractivity contribution in [2.24, 2.45) is 5.92 Å². The minimum Gasteiger partial charge on any atom is -0.491 e. The Kier molecular flexibility index (Phi) is 5.88. The van der Waals surface area contributed by atoms with Crippen molar-refractivity contribution in [1.82, 2.24) is 5.32 Å². The van der Waals surface area contributed by atoms with Gasteiger partial charge in [-0.2, -0.15) is 0 Å². The lowest BCUT2D eigenvalue weighted by Crippen LogP contribution is -2.17. The molecule has 1 aromatic carbocycles. The summed E-state index contributed by atoms with van der Waals surface area (Å²) in [5, 5.41) is 6.30. The van der Waals surface area contributed by atoms with E-state index in [1.165, 1.54) is 6.42 Å². The molecule has 2 heterocycles. The van der Waals surface area contributed by atoms with Gasteiger partial charge in [0, 0.05) is 24.8 Å². The lowest BCUT2D eigenvalue weighted by molar-refractivity contribution is -0.116. The fourth-order valence-corrected chi connectivity index (χ4v) is 3.15. The van der Waals surface area contributed by atoms with Gasteiger partial charge in [-0.05, 0) is 56.8 Å². The van der Waals surface area contributed by atoms with E-state index in [0.717, 1.165) is 50.4 Å². The van der Waals surface area contributed by atoms with E-state index >= 15 is 0 Å². The van der Waals surface area contributed by atoms with Gasteiger partial charge < -0.3 is 20.1 Å². The summed E-state index contributed by atoms with van der Waals surface area (Å²) in [6.45, 7) is 3.53. The van der Waals surface area contributed by atoms with Gasteiger partial charge in [-0.1, -0.05) is 6.07 Å². The molecule has 0 aromatic heterocycles. The molecule has 2 saturated heterocycles. The quantitative estimate of drug-likeness (QED) is 0.811. The Morgan fingerprint density at radius 3 is 3.13 bits per heavy atom. The molecule has 126 valence electrons. The van der Waals surface area contributed by atoms with Gasteiger partial charge in [-0.25, -0.2) is 0 Å². The number of carbonyl (C=O) groups excluding carboxylic acids is 1. The first kappa shape index (κ1) is 16.3. The van der Waals surface area contributed by atoms with E-state index in [0.29, 0.717) is 18.9 Å². The summed E-state index contributed by atoms with van der Waals surface area (Å²) in [4.78, 5) is 12.1. The number of amides is 1. The zero-order valence-corrected chi connectivity index (χ0v) is 13.6. The van der Waals surface area contributed by atoms with Crippen LogP contribution >= 0.6 is 0 Å². The fourth-order valence-electron chi connectivity index (χ4n) is 3.15. The molecule has 2 unspecified atom stereocenters. The highest BCUT2D eigenvalue weighted by atomic mass is 16.5. The van der Waals surface area contributed by atoms with Gasteiger partial charge in [-0.3, -0.25) is 4.79 Å². The lowest BCUT2D eigenvalue weighted by atomic mass is 10.0. The third-order valence-electron chi connectivity index (χ3n) is 4.52. The van der Waals surface area contributed by atoms with E-state index in [1.807, 2.05) is 24.3 Å². The number of hydrogen-bond donors (Lipinski definition) is 2. The van der Waals surface area contributed by atoms with Crippen LogP contribution in [0.3, 0.4) is 0 Å². The largest absolute Gasteiger partial charge is 0.491 e. The highest BCUT2D eigenvalue weighted by Gasteiger charge is 2.17. The number of ether oxygens (including phenoxy) is 2. The zero-order chi connectivity index (χ0) is 15.9. The highest BCUT2D eigenvalue weighted by Crippen LogP contribution is 2.20. The molecule has 5 heteroatoms. The van der Waals surface area contributed by atoms with Crippen LogP contribution in [0, 0.1) is 5.92 Å². The molecule has 2 aliphatic rings. The van der Waals surface area contributed by atoms with E-state index in [1.54, 1.807) is 0 Å². The Morgan fingerprint density at radius 2 is 2.35 bits per heavy atom. The average Bonchev–Trinajstić information content (AvgIpc) is 3.25. The van der Waals surface area contributed by atoms with Crippen LogP contribution in [0.1, 0.15) is 32.1 Å². The molecule has 2 atom stereocenters. The third-order valence-corrected chi connectivity index (χ3v) is 4.52. The molecule has 0 spiro atoms. The maximum Gasteiger partial charge on any atom is 0.224 e. The number of rotatable bonds is 7. The topological polar surface area (TPSA) is 59.6 Å². The van der Waals surface area contributed by atoms with Crippen LogP contribution in [0.2, 0.25) is 0 Å². The Bertz CT molecular complexity index is 509. The number of anilines is 1. The maximum atomic E-state index is 12.1. The molecule has 0 bridgehead atoms. The summed E-state index contributed by atoms with van der Waals surface area (Å²) < 4.78 is 11.3. The molecule has 0 saturated carbocycles. The van der Waals surface area contributed by atoms with Crippen LogP contribution in [-0.2, 0) is 9.53 Å². The number of carbonyl (C=O) groups is 1. The van der Waals surface area contributed by atoms with Crippen molar-refractivity contribution in [3.8, 4) is 5.75 Å². The van der Waals surface area contributed by atoms with Crippen LogP contribution in [-0.4, -0.2) is 38.3 Å². The Hall–Kier alpha value is -1.59. The van der Waals surface area contributed by atoms with Crippen LogP contribution in [0.5, 0.6) is 5.75 Å². The SMILES string of the molecule is O=C(CCC1CCNC1)Nc1cccc(OCC2CCCO2)c1. The molecule has 0 aliphatic carbocycles. The van der Waals surface area contributed by atoms with Gasteiger partial charge in [0.05, 0.1) is 6.10 Å². The van der Waals surface area contributed by atoms with Crippen molar-refractivity contribution in [2.75, 3.05) is 31.6 Å². The Labute approximate surface area is 137 Å². The second-order valence-corrected chi connectivity index (χ2v) is 6.42. The van der Waals surface area contributed by atoms with Gasteiger partial charge in [0.1, 0.15) is 12.4 Å². The Balaban J connectivity index is 1.43. The molecule has 1 amide bonds. The summed E-state index contributed by atoms with van der Waals surface area (Å²) in [5.41, 5.74) is 0.796. The highest BCUT2D eigenvalue weighted by molar-refractivity contribution is 5.90. The van der Waals surface area contributed by atoms with Crippen molar-refractivity contribution in [3.05, 3.63) is 24.3 Å². The summed E-state index contributed by atoms with van der Waals surface area (Å²) in [6, 6.07) is 7.59. The van der Waals surface area contributed by atoms with Gasteiger partial charge in [0.25, 0.3) is 0 Å². The van der Waals surface area contributed by atoms with Gasteiger partial charge >= 0.3 is 0 Å². The number of hydrogen-bond acceptors (Lipinski definition) is 4. The smallest absolute Gasteiger partial charge is 0.224 e. The normalized spacial score (nSPS) is 23.8. The monoisotopic (exact) mass is 318 g/mol. The predicted octanol–water partition coefficient (Wildman–Crippen LogP) is 2.57. The Morgan fingerprint density at radius 1 is 1.39 bits per heavy atom. The lowest BCUT2D eigenvalue weighted by Gasteiger charge is -2.13. The van der Waals surface area contributed by atoms with Crippen LogP contribution < -0.4 is 15.4 Å². The van der Waals surface area contributed by atoms with Crippen LogP contribution in [0.4, 0.5) is 5.69 Å². The molecule has 0 radical (unpaired) electrons. The maximum absolute atomic E-state index is 12.1. The molecule has 5 nitrogen and oxygen atoms in total. The second kappa shape index (κ2) is 8.31. The predicted molar refractivity (Wildman–Crippen MR) is 89.8 cm³/mol. The minimum atomic E-state index is 0.0770. The van der Waals surface area contributed by atoms with E-state index in [4.69, 9.17) is 9.47 Å². The van der Waals surface area contributed by atoms with Crippen molar-refractivity contribution >= 4 is 11.6 Å². The zero-order valence-electron chi connectivity index (χ0n) is 13.6.